The number of pyridine rings is 1. The molecule has 6 nitrogen and oxygen atoms in total. The van der Waals surface area contributed by atoms with Gasteiger partial charge in [-0.2, -0.15) is 0 Å². The molecule has 0 saturated heterocycles. The van der Waals surface area contributed by atoms with Gasteiger partial charge < -0.3 is 19.9 Å². The van der Waals surface area contributed by atoms with Gasteiger partial charge in [-0.1, -0.05) is 0 Å². The Bertz CT molecular complexity index is 991. The second-order valence-corrected chi connectivity index (χ2v) is 5.60. The summed E-state index contributed by atoms with van der Waals surface area (Å²) in [6, 6.07) is 8.94. The van der Waals surface area contributed by atoms with Gasteiger partial charge in [0.05, 0.1) is 18.7 Å². The summed E-state index contributed by atoms with van der Waals surface area (Å²) in [7, 11) is 0. The Kier molecular flexibility index (Phi) is 5.40. The third-order valence-corrected chi connectivity index (χ3v) is 3.80. The number of carbonyl (C=O) groups excluding carboxylic acids is 1. The largest absolute Gasteiger partial charge is 0.490 e. The van der Waals surface area contributed by atoms with Gasteiger partial charge in [-0.15, -0.1) is 0 Å². The molecule has 1 heterocycles. The molecule has 3 rings (SSSR count). The van der Waals surface area contributed by atoms with Crippen molar-refractivity contribution in [2.24, 2.45) is 5.73 Å². The summed E-state index contributed by atoms with van der Waals surface area (Å²) in [5.74, 6) is 0.101. The van der Waals surface area contributed by atoms with Crippen LogP contribution in [-0.4, -0.2) is 24.1 Å². The maximum Gasteiger partial charge on any atom is 0.248 e. The first-order valence-corrected chi connectivity index (χ1v) is 8.49. The number of aromatic nitrogens is 1. The van der Waals surface area contributed by atoms with Crippen LogP contribution in [0.2, 0.25) is 0 Å². The van der Waals surface area contributed by atoms with Gasteiger partial charge in [0.1, 0.15) is 5.75 Å². The molecule has 3 aromatic rings. The van der Waals surface area contributed by atoms with E-state index in [1.54, 1.807) is 24.4 Å². The Hall–Kier alpha value is -3.35. The second-order valence-electron chi connectivity index (χ2n) is 5.60. The predicted octanol–water partition coefficient (Wildman–Crippen LogP) is 4.06. The zero-order valence-electron chi connectivity index (χ0n) is 15.0. The number of nitrogens with zero attached hydrogens (tertiary/aromatic N) is 1. The fourth-order valence-electron chi connectivity index (χ4n) is 2.61. The summed E-state index contributed by atoms with van der Waals surface area (Å²) in [6.45, 7) is 4.70. The van der Waals surface area contributed by atoms with Crippen LogP contribution < -0.4 is 19.9 Å². The summed E-state index contributed by atoms with van der Waals surface area (Å²) in [5, 5.41) is 0.641. The van der Waals surface area contributed by atoms with E-state index in [9.17, 15) is 9.18 Å². The SMILES string of the molecule is CCOc1cc2nccc(Oc3ccc(C(N)=O)cc3F)c2cc1OCC. The van der Waals surface area contributed by atoms with E-state index < -0.39 is 11.7 Å². The fourth-order valence-corrected chi connectivity index (χ4v) is 2.61. The molecule has 0 saturated carbocycles. The maximum absolute atomic E-state index is 14.3. The average Bonchev–Trinajstić information content (AvgIpc) is 2.64. The molecular formula is C20H19FN2O4. The standard InChI is InChI=1S/C20H19FN2O4/c1-3-25-18-10-13-15(11-19(18)26-4-2)23-8-7-16(13)27-17-6-5-12(20(22)24)9-14(17)21/h5-11H,3-4H2,1-2H3,(H2,22,24). The van der Waals surface area contributed by atoms with Gasteiger partial charge in [-0.3, -0.25) is 9.78 Å². The number of fused-ring (bicyclic) bond motifs is 1. The monoisotopic (exact) mass is 370 g/mol. The number of hydrogen-bond donors (Lipinski definition) is 1. The molecule has 0 unspecified atom stereocenters. The van der Waals surface area contributed by atoms with Crippen LogP contribution in [0.15, 0.2) is 42.6 Å². The Balaban J connectivity index is 2.04. The molecule has 0 radical (unpaired) electrons. The molecule has 27 heavy (non-hydrogen) atoms. The van der Waals surface area contributed by atoms with Crippen molar-refractivity contribution in [1.29, 1.82) is 0 Å². The van der Waals surface area contributed by atoms with Crippen molar-refractivity contribution in [2.45, 2.75) is 13.8 Å². The van der Waals surface area contributed by atoms with Crippen LogP contribution in [0.3, 0.4) is 0 Å². The minimum Gasteiger partial charge on any atom is -0.490 e. The lowest BCUT2D eigenvalue weighted by Gasteiger charge is -2.14. The topological polar surface area (TPSA) is 83.7 Å². The van der Waals surface area contributed by atoms with Crippen LogP contribution in [0, 0.1) is 5.82 Å². The molecule has 140 valence electrons. The Morgan fingerprint density at radius 2 is 1.70 bits per heavy atom. The van der Waals surface area contributed by atoms with E-state index in [0.29, 0.717) is 41.4 Å². The summed E-state index contributed by atoms with van der Waals surface area (Å²) in [4.78, 5) is 15.5. The quantitative estimate of drug-likeness (QED) is 0.678. The van der Waals surface area contributed by atoms with Crippen LogP contribution in [-0.2, 0) is 0 Å². The minimum absolute atomic E-state index is 0.0284. The van der Waals surface area contributed by atoms with Crippen LogP contribution >= 0.6 is 0 Å². The highest BCUT2D eigenvalue weighted by molar-refractivity contribution is 5.93. The molecule has 0 bridgehead atoms. The van der Waals surface area contributed by atoms with E-state index in [1.807, 2.05) is 13.8 Å². The van der Waals surface area contributed by atoms with E-state index in [2.05, 4.69) is 4.98 Å². The third-order valence-electron chi connectivity index (χ3n) is 3.80. The number of ether oxygens (including phenoxy) is 3. The molecule has 2 N–H and O–H groups in total. The van der Waals surface area contributed by atoms with Crippen LogP contribution in [0.4, 0.5) is 4.39 Å². The molecule has 1 aromatic heterocycles. The molecule has 0 aliphatic rings. The molecule has 0 aliphatic heterocycles. The predicted molar refractivity (Wildman–Crippen MR) is 99.1 cm³/mol. The Morgan fingerprint density at radius 3 is 2.33 bits per heavy atom. The molecule has 0 spiro atoms. The smallest absolute Gasteiger partial charge is 0.248 e. The number of hydrogen-bond acceptors (Lipinski definition) is 5. The van der Waals surface area contributed by atoms with Gasteiger partial charge in [0.2, 0.25) is 5.91 Å². The highest BCUT2D eigenvalue weighted by atomic mass is 19.1. The van der Waals surface area contributed by atoms with Crippen LogP contribution in [0.1, 0.15) is 24.2 Å². The van der Waals surface area contributed by atoms with Crippen molar-refractivity contribution in [1.82, 2.24) is 4.98 Å². The Labute approximate surface area is 155 Å². The van der Waals surface area contributed by atoms with Crippen molar-refractivity contribution in [3.8, 4) is 23.0 Å². The average molecular weight is 370 g/mol. The summed E-state index contributed by atoms with van der Waals surface area (Å²) in [6.07, 6.45) is 1.56. The fraction of sp³-hybridized carbons (Fsp3) is 0.200. The van der Waals surface area contributed by atoms with Crippen molar-refractivity contribution in [3.63, 3.8) is 0 Å². The second kappa shape index (κ2) is 7.90. The van der Waals surface area contributed by atoms with Crippen LogP contribution in [0.5, 0.6) is 23.0 Å². The van der Waals surface area contributed by atoms with E-state index in [1.165, 1.54) is 12.1 Å². The number of benzene rings is 2. The van der Waals surface area contributed by atoms with Gasteiger partial charge in [-0.25, -0.2) is 4.39 Å². The number of primary amides is 1. The van der Waals surface area contributed by atoms with Gasteiger partial charge >= 0.3 is 0 Å². The number of nitrogens with two attached hydrogens (primary N) is 1. The first-order chi connectivity index (χ1) is 13.0. The van der Waals surface area contributed by atoms with Crippen LogP contribution in [0.25, 0.3) is 10.9 Å². The van der Waals surface area contributed by atoms with Crippen molar-refractivity contribution in [2.75, 3.05) is 13.2 Å². The Morgan fingerprint density at radius 1 is 1.00 bits per heavy atom. The highest BCUT2D eigenvalue weighted by Gasteiger charge is 2.14. The maximum atomic E-state index is 14.3. The molecule has 7 heteroatoms. The zero-order valence-corrected chi connectivity index (χ0v) is 15.0. The molecule has 2 aromatic carbocycles. The molecule has 1 amide bonds. The van der Waals surface area contributed by atoms with E-state index in [-0.39, 0.29) is 11.3 Å². The summed E-state index contributed by atoms with van der Waals surface area (Å²) in [5.41, 5.74) is 5.85. The zero-order chi connectivity index (χ0) is 19.4. The number of rotatable bonds is 7. The highest BCUT2D eigenvalue weighted by Crippen LogP contribution is 2.37. The molecular weight excluding hydrogens is 351 g/mol. The lowest BCUT2D eigenvalue weighted by Crippen LogP contribution is -2.11. The first kappa shape index (κ1) is 18.4. The number of carbonyl (C=O) groups is 1. The van der Waals surface area contributed by atoms with Gasteiger partial charge in [0.25, 0.3) is 0 Å². The third kappa shape index (κ3) is 3.92. The summed E-state index contributed by atoms with van der Waals surface area (Å²) >= 11 is 0. The number of halogens is 1. The van der Waals surface area contributed by atoms with Crippen molar-refractivity contribution in [3.05, 3.63) is 54.0 Å². The van der Waals surface area contributed by atoms with Crippen molar-refractivity contribution < 1.29 is 23.4 Å². The summed E-state index contributed by atoms with van der Waals surface area (Å²) < 4.78 is 31.2. The molecule has 0 aliphatic carbocycles. The van der Waals surface area contributed by atoms with Gasteiger partial charge in [0.15, 0.2) is 23.1 Å². The van der Waals surface area contributed by atoms with Crippen molar-refractivity contribution >= 4 is 16.8 Å². The van der Waals surface area contributed by atoms with Gasteiger partial charge in [-0.05, 0) is 44.2 Å². The normalized spacial score (nSPS) is 10.6. The molecule has 0 fully saturated rings. The van der Waals surface area contributed by atoms with E-state index >= 15 is 0 Å². The lowest BCUT2D eigenvalue weighted by atomic mass is 10.1. The number of amides is 1. The first-order valence-electron chi connectivity index (χ1n) is 8.49. The lowest BCUT2D eigenvalue weighted by molar-refractivity contribution is 0.1000. The van der Waals surface area contributed by atoms with Gasteiger partial charge in [0, 0.05) is 23.2 Å². The minimum atomic E-state index is -0.709. The van der Waals surface area contributed by atoms with E-state index in [4.69, 9.17) is 19.9 Å². The van der Waals surface area contributed by atoms with E-state index in [0.717, 1.165) is 6.07 Å². The molecule has 0 atom stereocenters.